The van der Waals surface area contributed by atoms with Gasteiger partial charge in [-0.05, 0) is 56.8 Å². The van der Waals surface area contributed by atoms with Crippen LogP contribution in [-0.4, -0.2) is 65.6 Å². The molecule has 1 amide bonds. The molecule has 4 heterocycles. The molecule has 1 aromatic heterocycles. The third kappa shape index (κ3) is 3.23. The maximum Gasteiger partial charge on any atom is 0.254 e. The van der Waals surface area contributed by atoms with Gasteiger partial charge in [0, 0.05) is 18.1 Å². The molecule has 27 heavy (non-hydrogen) atoms. The lowest BCUT2D eigenvalue weighted by Gasteiger charge is -2.53. The van der Waals surface area contributed by atoms with E-state index in [9.17, 15) is 4.79 Å². The zero-order valence-electron chi connectivity index (χ0n) is 15.8. The van der Waals surface area contributed by atoms with Gasteiger partial charge < -0.3 is 14.5 Å². The molecule has 0 unspecified atom stereocenters. The summed E-state index contributed by atoms with van der Waals surface area (Å²) in [6.07, 6.45) is 6.71. The molecule has 3 saturated heterocycles. The van der Waals surface area contributed by atoms with Gasteiger partial charge in [0.25, 0.3) is 5.91 Å². The number of pyridine rings is 1. The number of fused-ring (bicyclic) bond motifs is 1. The first kappa shape index (κ1) is 17.1. The summed E-state index contributed by atoms with van der Waals surface area (Å²) < 4.78 is 6.30. The van der Waals surface area contributed by atoms with E-state index >= 15 is 0 Å². The third-order valence-corrected chi connectivity index (χ3v) is 6.47. The van der Waals surface area contributed by atoms with Crippen LogP contribution in [-0.2, 0) is 4.74 Å². The number of likely N-dealkylation sites (tertiary alicyclic amines) is 2. The van der Waals surface area contributed by atoms with E-state index in [-0.39, 0.29) is 11.5 Å². The van der Waals surface area contributed by atoms with E-state index in [1.165, 1.54) is 38.9 Å². The van der Waals surface area contributed by atoms with Crippen LogP contribution in [0.3, 0.4) is 0 Å². The summed E-state index contributed by atoms with van der Waals surface area (Å²) in [4.78, 5) is 21.9. The molecule has 3 fully saturated rings. The van der Waals surface area contributed by atoms with Crippen LogP contribution in [0.2, 0.25) is 0 Å². The van der Waals surface area contributed by atoms with Gasteiger partial charge in [0.05, 0.1) is 30.8 Å². The molecule has 1 aromatic carbocycles. The standard InChI is InChI=1S/C22H27N3O2/c26-21(19-8-10-23-20-6-2-1-5-18(19)20)25-15-22(16-25)9-7-17(14-27-22)13-24-11-3-4-12-24/h1-2,5-6,8,10,17H,3-4,7,9,11-16H2/t17-/m0/s1. The number of hydrogen-bond donors (Lipinski definition) is 0. The molecule has 3 aliphatic rings. The number of carbonyl (C=O) groups is 1. The number of hydrogen-bond acceptors (Lipinski definition) is 4. The van der Waals surface area contributed by atoms with Crippen molar-refractivity contribution in [1.29, 1.82) is 0 Å². The molecule has 142 valence electrons. The fraction of sp³-hybridized carbons (Fsp3) is 0.545. The van der Waals surface area contributed by atoms with E-state index in [1.807, 2.05) is 35.2 Å². The van der Waals surface area contributed by atoms with Crippen molar-refractivity contribution < 1.29 is 9.53 Å². The molecule has 2 aromatic rings. The molecule has 0 radical (unpaired) electrons. The Hall–Kier alpha value is -1.98. The molecule has 1 spiro atoms. The van der Waals surface area contributed by atoms with Crippen LogP contribution in [0.1, 0.15) is 36.0 Å². The van der Waals surface area contributed by atoms with E-state index in [1.54, 1.807) is 6.20 Å². The molecule has 5 heteroatoms. The van der Waals surface area contributed by atoms with E-state index in [0.29, 0.717) is 5.92 Å². The van der Waals surface area contributed by atoms with Crippen molar-refractivity contribution >= 4 is 16.8 Å². The van der Waals surface area contributed by atoms with Crippen LogP contribution < -0.4 is 0 Å². The van der Waals surface area contributed by atoms with Crippen LogP contribution in [0.25, 0.3) is 10.9 Å². The third-order valence-electron chi connectivity index (χ3n) is 6.47. The fourth-order valence-corrected chi connectivity index (χ4v) is 4.89. The number of para-hydroxylation sites is 1. The van der Waals surface area contributed by atoms with Gasteiger partial charge in [0.15, 0.2) is 0 Å². The van der Waals surface area contributed by atoms with Crippen molar-refractivity contribution in [3.63, 3.8) is 0 Å². The van der Waals surface area contributed by atoms with Gasteiger partial charge in [0.1, 0.15) is 5.60 Å². The monoisotopic (exact) mass is 365 g/mol. The molecule has 5 nitrogen and oxygen atoms in total. The van der Waals surface area contributed by atoms with Gasteiger partial charge in [-0.25, -0.2) is 0 Å². The minimum Gasteiger partial charge on any atom is -0.371 e. The number of amides is 1. The molecule has 3 aliphatic heterocycles. The van der Waals surface area contributed by atoms with Gasteiger partial charge in [-0.2, -0.15) is 0 Å². The topological polar surface area (TPSA) is 45.7 Å². The van der Waals surface area contributed by atoms with Crippen molar-refractivity contribution in [3.8, 4) is 0 Å². The minimum absolute atomic E-state index is 0.0972. The quantitative estimate of drug-likeness (QED) is 0.839. The first-order valence-corrected chi connectivity index (χ1v) is 10.2. The van der Waals surface area contributed by atoms with Crippen LogP contribution in [0.15, 0.2) is 36.5 Å². The number of carbonyl (C=O) groups excluding carboxylic acids is 1. The molecule has 1 atom stereocenters. The highest BCUT2D eigenvalue weighted by atomic mass is 16.5. The van der Waals surface area contributed by atoms with Crippen LogP contribution >= 0.6 is 0 Å². The normalized spacial score (nSPS) is 25.0. The highest BCUT2D eigenvalue weighted by molar-refractivity contribution is 6.06. The summed E-state index contributed by atoms with van der Waals surface area (Å²) in [5.41, 5.74) is 1.52. The summed E-state index contributed by atoms with van der Waals surface area (Å²) in [6, 6.07) is 9.68. The maximum atomic E-state index is 13.0. The molecule has 0 N–H and O–H groups in total. The summed E-state index contributed by atoms with van der Waals surface area (Å²) in [6.45, 7) is 5.98. The predicted octanol–water partition coefficient (Wildman–Crippen LogP) is 2.95. The Balaban J connectivity index is 1.20. The summed E-state index contributed by atoms with van der Waals surface area (Å²) in [5, 5.41) is 0.932. The predicted molar refractivity (Wildman–Crippen MR) is 105 cm³/mol. The Morgan fingerprint density at radius 2 is 2.00 bits per heavy atom. The van der Waals surface area contributed by atoms with Crippen LogP contribution in [0.4, 0.5) is 0 Å². The Bertz CT molecular complexity index is 825. The number of benzene rings is 1. The lowest BCUT2D eigenvalue weighted by atomic mass is 9.82. The van der Waals surface area contributed by atoms with E-state index < -0.39 is 0 Å². The average Bonchev–Trinajstić information content (AvgIpc) is 3.19. The lowest BCUT2D eigenvalue weighted by Crippen LogP contribution is -2.66. The first-order chi connectivity index (χ1) is 13.2. The molecule has 5 rings (SSSR count). The second kappa shape index (κ2) is 6.88. The Labute approximate surface area is 160 Å². The Kier molecular flexibility index (Phi) is 4.37. The van der Waals surface area contributed by atoms with Gasteiger partial charge in [0.2, 0.25) is 0 Å². The number of rotatable bonds is 3. The number of nitrogens with zero attached hydrogens (tertiary/aromatic N) is 3. The van der Waals surface area contributed by atoms with E-state index in [2.05, 4.69) is 9.88 Å². The number of aromatic nitrogens is 1. The molecule has 0 aliphatic carbocycles. The highest BCUT2D eigenvalue weighted by Crippen LogP contribution is 2.37. The molecular formula is C22H27N3O2. The van der Waals surface area contributed by atoms with Crippen molar-refractivity contribution in [2.75, 3.05) is 39.3 Å². The Morgan fingerprint density at radius 1 is 1.19 bits per heavy atom. The van der Waals surface area contributed by atoms with E-state index in [0.717, 1.165) is 42.6 Å². The van der Waals surface area contributed by atoms with Crippen molar-refractivity contribution in [1.82, 2.24) is 14.8 Å². The largest absolute Gasteiger partial charge is 0.371 e. The van der Waals surface area contributed by atoms with Gasteiger partial charge in [-0.3, -0.25) is 9.78 Å². The summed E-state index contributed by atoms with van der Waals surface area (Å²) >= 11 is 0. The van der Waals surface area contributed by atoms with Crippen molar-refractivity contribution in [3.05, 3.63) is 42.1 Å². The van der Waals surface area contributed by atoms with Gasteiger partial charge in [-0.1, -0.05) is 18.2 Å². The van der Waals surface area contributed by atoms with Gasteiger partial charge >= 0.3 is 0 Å². The Morgan fingerprint density at radius 3 is 2.78 bits per heavy atom. The second-order valence-electron chi connectivity index (χ2n) is 8.44. The van der Waals surface area contributed by atoms with Gasteiger partial charge in [-0.15, -0.1) is 0 Å². The van der Waals surface area contributed by atoms with Crippen LogP contribution in [0, 0.1) is 5.92 Å². The second-order valence-corrected chi connectivity index (χ2v) is 8.44. The molecule has 0 saturated carbocycles. The number of ether oxygens (including phenoxy) is 1. The SMILES string of the molecule is O=C(c1ccnc2ccccc12)N1CC2(CC[C@@H](CN3CCCC3)CO2)C1. The summed E-state index contributed by atoms with van der Waals surface area (Å²) in [7, 11) is 0. The van der Waals surface area contributed by atoms with Crippen LogP contribution in [0.5, 0.6) is 0 Å². The molecular weight excluding hydrogens is 338 g/mol. The van der Waals surface area contributed by atoms with Crippen molar-refractivity contribution in [2.45, 2.75) is 31.3 Å². The first-order valence-electron chi connectivity index (χ1n) is 10.2. The van der Waals surface area contributed by atoms with E-state index in [4.69, 9.17) is 4.74 Å². The van der Waals surface area contributed by atoms with Crippen molar-refractivity contribution in [2.24, 2.45) is 5.92 Å². The minimum atomic E-state index is -0.0972. The fourth-order valence-electron chi connectivity index (χ4n) is 4.89. The highest BCUT2D eigenvalue weighted by Gasteiger charge is 2.48. The molecule has 0 bridgehead atoms. The maximum absolute atomic E-state index is 13.0. The average molecular weight is 365 g/mol. The lowest BCUT2D eigenvalue weighted by molar-refractivity contribution is -0.168. The zero-order chi connectivity index (χ0) is 18.3. The zero-order valence-corrected chi connectivity index (χ0v) is 15.8. The smallest absolute Gasteiger partial charge is 0.254 e. The summed E-state index contributed by atoms with van der Waals surface area (Å²) in [5.74, 6) is 0.754.